The van der Waals surface area contributed by atoms with E-state index >= 15 is 0 Å². The van der Waals surface area contributed by atoms with E-state index in [4.69, 9.17) is 10.1 Å². The van der Waals surface area contributed by atoms with Crippen molar-refractivity contribution in [2.24, 2.45) is 5.16 Å². The molecule has 0 aliphatic heterocycles. The first-order valence-corrected chi connectivity index (χ1v) is 4.88. The molecule has 0 heterocycles. The first-order valence-electron chi connectivity index (χ1n) is 4.88. The lowest BCUT2D eigenvalue weighted by molar-refractivity contribution is 0.0712. The summed E-state index contributed by atoms with van der Waals surface area (Å²) in [5.74, 6) is 0. The van der Waals surface area contributed by atoms with Crippen LogP contribution in [0.3, 0.4) is 0 Å². The van der Waals surface area contributed by atoms with Gasteiger partial charge >= 0.3 is 0 Å². The summed E-state index contributed by atoms with van der Waals surface area (Å²) in [6.45, 7) is 3.98. The third-order valence-corrected chi connectivity index (χ3v) is 2.00. The van der Waals surface area contributed by atoms with Crippen LogP contribution < -0.4 is 0 Å². The first-order chi connectivity index (χ1) is 7.26. The highest BCUT2D eigenvalue weighted by molar-refractivity contribution is 5.79. The van der Waals surface area contributed by atoms with Gasteiger partial charge in [0, 0.05) is 5.56 Å². The van der Waals surface area contributed by atoms with Gasteiger partial charge in [-0.2, -0.15) is 5.26 Å². The van der Waals surface area contributed by atoms with E-state index in [1.807, 2.05) is 19.9 Å². The molecule has 0 saturated carbocycles. The molecule has 0 aromatic heterocycles. The van der Waals surface area contributed by atoms with Gasteiger partial charge in [0.15, 0.2) is 0 Å². The Kier molecular flexibility index (Phi) is 4.36. The van der Waals surface area contributed by atoms with E-state index in [0.717, 1.165) is 12.0 Å². The van der Waals surface area contributed by atoms with Gasteiger partial charge in [0.05, 0.1) is 11.6 Å². The van der Waals surface area contributed by atoms with Crippen molar-refractivity contribution < 1.29 is 4.84 Å². The third kappa shape index (κ3) is 3.82. The third-order valence-electron chi connectivity index (χ3n) is 2.00. The molecule has 0 aliphatic carbocycles. The van der Waals surface area contributed by atoms with Crippen LogP contribution in [-0.4, -0.2) is 12.3 Å². The van der Waals surface area contributed by atoms with Crippen LogP contribution in [0.25, 0.3) is 0 Å². The number of hydrogen-bond donors (Lipinski definition) is 0. The van der Waals surface area contributed by atoms with Gasteiger partial charge in [-0.1, -0.05) is 24.2 Å². The molecular weight excluding hydrogens is 188 g/mol. The SMILES string of the molecule is CCC(C)O/N=[C]/c1ccc(C#N)cc1. The zero-order chi connectivity index (χ0) is 11.1. The van der Waals surface area contributed by atoms with Crippen LogP contribution >= 0.6 is 0 Å². The molecule has 77 valence electrons. The molecule has 1 aromatic carbocycles. The Bertz CT molecular complexity index is 362. The maximum Gasteiger partial charge on any atom is 0.139 e. The summed E-state index contributed by atoms with van der Waals surface area (Å²) in [7, 11) is 0. The van der Waals surface area contributed by atoms with E-state index < -0.39 is 0 Å². The van der Waals surface area contributed by atoms with Gasteiger partial charge in [0.25, 0.3) is 0 Å². The van der Waals surface area contributed by atoms with Gasteiger partial charge in [-0.15, -0.1) is 0 Å². The predicted molar refractivity (Wildman–Crippen MR) is 58.5 cm³/mol. The van der Waals surface area contributed by atoms with Crippen LogP contribution in [0.4, 0.5) is 0 Å². The Morgan fingerprint density at radius 1 is 1.33 bits per heavy atom. The van der Waals surface area contributed by atoms with Crippen LogP contribution in [0.5, 0.6) is 0 Å². The predicted octanol–water partition coefficient (Wildman–Crippen LogP) is 2.58. The fourth-order valence-corrected chi connectivity index (χ4v) is 0.863. The Hall–Kier alpha value is -1.82. The second-order valence-corrected chi connectivity index (χ2v) is 3.22. The number of rotatable bonds is 4. The van der Waals surface area contributed by atoms with Gasteiger partial charge in [0.2, 0.25) is 0 Å². The van der Waals surface area contributed by atoms with E-state index in [2.05, 4.69) is 11.4 Å². The van der Waals surface area contributed by atoms with Crippen molar-refractivity contribution in [2.45, 2.75) is 26.4 Å². The summed E-state index contributed by atoms with van der Waals surface area (Å²) in [6.07, 6.45) is 3.78. The van der Waals surface area contributed by atoms with Crippen LogP contribution in [0.1, 0.15) is 31.4 Å². The summed E-state index contributed by atoms with van der Waals surface area (Å²) in [5.41, 5.74) is 1.43. The number of nitrogens with zero attached hydrogens (tertiary/aromatic N) is 2. The summed E-state index contributed by atoms with van der Waals surface area (Å²) < 4.78 is 0. The number of benzene rings is 1. The van der Waals surface area contributed by atoms with E-state index in [9.17, 15) is 0 Å². The van der Waals surface area contributed by atoms with Crippen molar-refractivity contribution in [3.05, 3.63) is 35.4 Å². The van der Waals surface area contributed by atoms with Crippen molar-refractivity contribution >= 4 is 6.21 Å². The number of hydrogen-bond acceptors (Lipinski definition) is 3. The smallest absolute Gasteiger partial charge is 0.139 e. The van der Waals surface area contributed by atoms with Crippen LogP contribution in [0, 0.1) is 11.3 Å². The van der Waals surface area contributed by atoms with Crippen LogP contribution in [-0.2, 0) is 4.84 Å². The maximum absolute atomic E-state index is 8.59. The minimum atomic E-state index is 0.107. The average molecular weight is 201 g/mol. The molecule has 0 saturated heterocycles. The molecule has 1 atom stereocenters. The Labute approximate surface area is 90.0 Å². The molecule has 0 amide bonds. The van der Waals surface area contributed by atoms with Crippen LogP contribution in [0.2, 0.25) is 0 Å². The largest absolute Gasteiger partial charge is 0.392 e. The summed E-state index contributed by atoms with van der Waals surface area (Å²) in [4.78, 5) is 5.10. The Morgan fingerprint density at radius 2 is 1.93 bits per heavy atom. The molecule has 1 rings (SSSR count). The fourth-order valence-electron chi connectivity index (χ4n) is 0.863. The highest BCUT2D eigenvalue weighted by Crippen LogP contribution is 2.01. The maximum atomic E-state index is 8.59. The first kappa shape index (κ1) is 11.3. The second kappa shape index (κ2) is 5.82. The topological polar surface area (TPSA) is 45.4 Å². The van der Waals surface area contributed by atoms with Crippen molar-refractivity contribution in [1.82, 2.24) is 0 Å². The van der Waals surface area contributed by atoms with Gasteiger partial charge in [0.1, 0.15) is 12.3 Å². The normalized spacial score (nSPS) is 12.3. The van der Waals surface area contributed by atoms with Crippen molar-refractivity contribution in [1.29, 1.82) is 5.26 Å². The Morgan fingerprint density at radius 3 is 2.47 bits per heavy atom. The zero-order valence-corrected chi connectivity index (χ0v) is 8.90. The summed E-state index contributed by atoms with van der Waals surface area (Å²) >= 11 is 0. The average Bonchev–Trinajstić information content (AvgIpc) is 2.29. The van der Waals surface area contributed by atoms with Crippen molar-refractivity contribution in [3.63, 3.8) is 0 Å². The molecule has 1 unspecified atom stereocenters. The fraction of sp³-hybridized carbons (Fsp3) is 0.333. The molecule has 1 aromatic rings. The minimum Gasteiger partial charge on any atom is -0.392 e. The highest BCUT2D eigenvalue weighted by Gasteiger charge is 1.95. The highest BCUT2D eigenvalue weighted by atomic mass is 16.6. The molecule has 0 spiro atoms. The summed E-state index contributed by atoms with van der Waals surface area (Å²) in [6, 6.07) is 9.05. The molecule has 0 fully saturated rings. The zero-order valence-electron chi connectivity index (χ0n) is 8.90. The van der Waals surface area contributed by atoms with Gasteiger partial charge in [-0.3, -0.25) is 0 Å². The van der Waals surface area contributed by atoms with E-state index in [1.54, 1.807) is 24.3 Å². The lowest BCUT2D eigenvalue weighted by atomic mass is 10.2. The van der Waals surface area contributed by atoms with Gasteiger partial charge < -0.3 is 4.84 Å². The van der Waals surface area contributed by atoms with Crippen molar-refractivity contribution in [3.8, 4) is 6.07 Å². The Balaban J connectivity index is 2.54. The minimum absolute atomic E-state index is 0.107. The molecule has 0 aliphatic rings. The second-order valence-electron chi connectivity index (χ2n) is 3.22. The summed E-state index contributed by atoms with van der Waals surface area (Å²) in [5, 5.41) is 12.3. The molecule has 0 N–H and O–H groups in total. The molecule has 1 radical (unpaired) electrons. The lowest BCUT2D eigenvalue weighted by Gasteiger charge is -2.03. The molecule has 3 nitrogen and oxygen atoms in total. The molecule has 3 heteroatoms. The lowest BCUT2D eigenvalue weighted by Crippen LogP contribution is -2.01. The van der Waals surface area contributed by atoms with E-state index in [0.29, 0.717) is 5.56 Å². The standard InChI is InChI=1S/C12H13N2O/c1-3-10(2)15-14-9-12-6-4-11(8-13)5-7-12/h4-7,10H,3H2,1-2H3. The van der Waals surface area contributed by atoms with Crippen molar-refractivity contribution in [2.75, 3.05) is 0 Å². The molecule has 0 bridgehead atoms. The van der Waals surface area contributed by atoms with Crippen LogP contribution in [0.15, 0.2) is 29.4 Å². The monoisotopic (exact) mass is 201 g/mol. The molecular formula is C12H13N2O. The molecule has 15 heavy (non-hydrogen) atoms. The van der Waals surface area contributed by atoms with E-state index in [-0.39, 0.29) is 6.10 Å². The van der Waals surface area contributed by atoms with E-state index in [1.165, 1.54) is 0 Å². The van der Waals surface area contributed by atoms with Gasteiger partial charge in [-0.05, 0) is 25.5 Å². The van der Waals surface area contributed by atoms with Gasteiger partial charge in [-0.25, -0.2) is 0 Å². The number of nitriles is 1. The quantitative estimate of drug-likeness (QED) is 0.555.